The van der Waals surface area contributed by atoms with Gasteiger partial charge in [0.25, 0.3) is 10.0 Å². The highest BCUT2D eigenvalue weighted by molar-refractivity contribution is 9.10. The van der Waals surface area contributed by atoms with Crippen LogP contribution in [0.5, 0.6) is 0 Å². The van der Waals surface area contributed by atoms with Gasteiger partial charge in [-0.2, -0.15) is 0 Å². The van der Waals surface area contributed by atoms with Crippen LogP contribution in [0.3, 0.4) is 0 Å². The van der Waals surface area contributed by atoms with Gasteiger partial charge in [-0.3, -0.25) is 4.72 Å². The molecule has 3 nitrogen and oxygen atoms in total. The van der Waals surface area contributed by atoms with E-state index in [1.54, 1.807) is 13.0 Å². The largest absolute Gasteiger partial charge is 0.279 e. The first-order chi connectivity index (χ1) is 9.70. The van der Waals surface area contributed by atoms with E-state index in [9.17, 15) is 12.8 Å². The fourth-order valence-electron chi connectivity index (χ4n) is 1.65. The maximum Gasteiger partial charge on any atom is 0.263 e. The van der Waals surface area contributed by atoms with Crippen LogP contribution in [-0.4, -0.2) is 8.42 Å². The van der Waals surface area contributed by atoms with Gasteiger partial charge in [0.2, 0.25) is 0 Å². The van der Waals surface area contributed by atoms with Gasteiger partial charge in [0.05, 0.1) is 15.2 Å². The summed E-state index contributed by atoms with van der Waals surface area (Å²) in [6.45, 7) is 1.61. The molecule has 112 valence electrons. The molecule has 0 aromatic heterocycles. The van der Waals surface area contributed by atoms with Gasteiger partial charge < -0.3 is 0 Å². The van der Waals surface area contributed by atoms with E-state index in [0.29, 0.717) is 10.0 Å². The number of benzene rings is 2. The fraction of sp³-hybridized carbons (Fsp3) is 0.0769. The van der Waals surface area contributed by atoms with Crippen molar-refractivity contribution < 1.29 is 12.8 Å². The highest BCUT2D eigenvalue weighted by Gasteiger charge is 2.19. The van der Waals surface area contributed by atoms with Gasteiger partial charge >= 0.3 is 0 Å². The summed E-state index contributed by atoms with van der Waals surface area (Å²) in [5.74, 6) is -0.461. The van der Waals surface area contributed by atoms with Crippen LogP contribution in [0.25, 0.3) is 0 Å². The molecule has 0 aliphatic rings. The zero-order chi connectivity index (χ0) is 15.8. The van der Waals surface area contributed by atoms with E-state index in [1.807, 2.05) is 0 Å². The van der Waals surface area contributed by atoms with E-state index in [4.69, 9.17) is 11.6 Å². The van der Waals surface area contributed by atoms with E-state index in [2.05, 4.69) is 36.6 Å². The maximum atomic E-state index is 13.4. The molecule has 0 saturated heterocycles. The summed E-state index contributed by atoms with van der Waals surface area (Å²) in [7, 11) is -3.86. The number of rotatable bonds is 3. The van der Waals surface area contributed by atoms with Crippen LogP contribution in [0.4, 0.5) is 10.1 Å². The number of hydrogen-bond acceptors (Lipinski definition) is 2. The second-order valence-corrected chi connectivity index (χ2v) is 8.09. The Kier molecular flexibility index (Phi) is 4.97. The number of aryl methyl sites for hydroxylation is 1. The molecule has 2 aromatic rings. The minimum Gasteiger partial charge on any atom is -0.279 e. The molecule has 21 heavy (non-hydrogen) atoms. The van der Waals surface area contributed by atoms with Gasteiger partial charge in [0.1, 0.15) is 10.7 Å². The average Bonchev–Trinajstić information content (AvgIpc) is 2.35. The van der Waals surface area contributed by atoms with Crippen LogP contribution in [0, 0.1) is 12.7 Å². The van der Waals surface area contributed by atoms with Crippen LogP contribution in [0.2, 0.25) is 5.02 Å². The normalized spacial score (nSPS) is 11.5. The van der Waals surface area contributed by atoms with Crippen molar-refractivity contribution in [1.29, 1.82) is 0 Å². The molecule has 0 spiro atoms. The van der Waals surface area contributed by atoms with Crippen LogP contribution in [-0.2, 0) is 10.0 Å². The molecule has 0 fully saturated rings. The van der Waals surface area contributed by atoms with E-state index < -0.39 is 15.8 Å². The van der Waals surface area contributed by atoms with Gasteiger partial charge in [-0.15, -0.1) is 0 Å². The Balaban J connectivity index is 2.45. The van der Waals surface area contributed by atoms with Crippen molar-refractivity contribution in [2.24, 2.45) is 0 Å². The van der Waals surface area contributed by atoms with Gasteiger partial charge in [-0.1, -0.05) is 27.5 Å². The molecule has 0 aliphatic heterocycles. The smallest absolute Gasteiger partial charge is 0.263 e. The molecule has 2 rings (SSSR count). The number of halogens is 4. The molecule has 1 N–H and O–H groups in total. The summed E-state index contributed by atoms with van der Waals surface area (Å²) < 4.78 is 41.4. The first-order valence-corrected chi connectivity index (χ1v) is 9.09. The van der Waals surface area contributed by atoms with E-state index >= 15 is 0 Å². The van der Waals surface area contributed by atoms with Gasteiger partial charge in [-0.05, 0) is 58.7 Å². The lowest BCUT2D eigenvalue weighted by Crippen LogP contribution is -2.14. The minimum absolute atomic E-state index is 0.0489. The lowest BCUT2D eigenvalue weighted by Gasteiger charge is -2.12. The van der Waals surface area contributed by atoms with E-state index in [-0.39, 0.29) is 20.1 Å². The monoisotopic (exact) mass is 455 g/mol. The topological polar surface area (TPSA) is 46.2 Å². The summed E-state index contributed by atoms with van der Waals surface area (Å²) in [6, 6.07) is 7.07. The number of anilines is 1. The molecule has 0 amide bonds. The summed E-state index contributed by atoms with van der Waals surface area (Å²) in [4.78, 5) is -0.0489. The number of sulfonamides is 1. The molecule has 0 radical (unpaired) electrons. The van der Waals surface area contributed by atoms with Crippen molar-refractivity contribution in [1.82, 2.24) is 0 Å². The molecule has 0 unspecified atom stereocenters. The third-order valence-corrected chi connectivity index (χ3v) is 5.64. The summed E-state index contributed by atoms with van der Waals surface area (Å²) >= 11 is 12.2. The Bertz CT molecular complexity index is 812. The lowest BCUT2D eigenvalue weighted by molar-refractivity contribution is 0.600. The summed E-state index contributed by atoms with van der Waals surface area (Å²) in [5, 5.41) is 0.0932. The van der Waals surface area contributed by atoms with E-state index in [1.165, 1.54) is 24.3 Å². The molecule has 0 bridgehead atoms. The van der Waals surface area contributed by atoms with Crippen LogP contribution < -0.4 is 4.72 Å². The zero-order valence-corrected chi connectivity index (χ0v) is 15.4. The predicted molar refractivity (Wildman–Crippen MR) is 88.8 cm³/mol. The van der Waals surface area contributed by atoms with Gasteiger partial charge in [-0.25, -0.2) is 12.8 Å². The molecule has 8 heteroatoms. The van der Waals surface area contributed by atoms with Gasteiger partial charge in [0.15, 0.2) is 0 Å². The van der Waals surface area contributed by atoms with E-state index in [0.717, 1.165) is 0 Å². The predicted octanol–water partition coefficient (Wildman–Crippen LogP) is 5.11. The van der Waals surface area contributed by atoms with Crippen molar-refractivity contribution in [2.45, 2.75) is 11.8 Å². The van der Waals surface area contributed by atoms with Crippen molar-refractivity contribution in [3.8, 4) is 0 Å². The maximum absolute atomic E-state index is 13.4. The van der Waals surface area contributed by atoms with Crippen LogP contribution in [0.15, 0.2) is 44.2 Å². The molecular formula is C13H9Br2ClFNO2S. The molecule has 0 atom stereocenters. The lowest BCUT2D eigenvalue weighted by atomic mass is 10.2. The molecule has 0 saturated carbocycles. The third-order valence-electron chi connectivity index (χ3n) is 2.70. The SMILES string of the molecule is Cc1cc(F)c(Br)cc1NS(=O)(=O)c1ccc(Br)cc1Cl. The molecule has 0 aliphatic carbocycles. The Labute approximate surface area is 143 Å². The van der Waals surface area contributed by atoms with Crippen molar-refractivity contribution in [3.05, 3.63) is 55.7 Å². The first kappa shape index (κ1) is 16.7. The molecule has 0 heterocycles. The highest BCUT2D eigenvalue weighted by Crippen LogP contribution is 2.29. The molecular weight excluding hydrogens is 448 g/mol. The second kappa shape index (κ2) is 6.24. The Morgan fingerprint density at radius 1 is 1.19 bits per heavy atom. The average molecular weight is 458 g/mol. The Morgan fingerprint density at radius 2 is 1.86 bits per heavy atom. The quantitative estimate of drug-likeness (QED) is 0.696. The first-order valence-electron chi connectivity index (χ1n) is 5.64. The van der Waals surface area contributed by atoms with Gasteiger partial charge in [0, 0.05) is 4.47 Å². The fourth-order valence-corrected chi connectivity index (χ4v) is 4.15. The third kappa shape index (κ3) is 3.77. The Hall–Kier alpha value is -0.630. The van der Waals surface area contributed by atoms with Crippen molar-refractivity contribution in [2.75, 3.05) is 4.72 Å². The number of hydrogen-bond donors (Lipinski definition) is 1. The Morgan fingerprint density at radius 3 is 2.48 bits per heavy atom. The summed E-state index contributed by atoms with van der Waals surface area (Å²) in [5.41, 5.74) is 0.745. The van der Waals surface area contributed by atoms with Crippen LogP contribution in [0.1, 0.15) is 5.56 Å². The zero-order valence-electron chi connectivity index (χ0n) is 10.6. The standard InChI is InChI=1S/C13H9Br2ClFNO2S/c1-7-4-11(17)9(15)6-12(7)18-21(19,20)13-3-2-8(14)5-10(13)16/h2-6,18H,1H3. The van der Waals surface area contributed by atoms with Crippen LogP contribution >= 0.6 is 43.5 Å². The summed E-state index contributed by atoms with van der Waals surface area (Å²) in [6.07, 6.45) is 0. The molecule has 2 aromatic carbocycles. The van der Waals surface area contributed by atoms with Crippen molar-refractivity contribution >= 4 is 59.2 Å². The second-order valence-electron chi connectivity index (χ2n) is 4.26. The van der Waals surface area contributed by atoms with Crippen molar-refractivity contribution in [3.63, 3.8) is 0 Å². The minimum atomic E-state index is -3.86. The highest BCUT2D eigenvalue weighted by atomic mass is 79.9. The number of nitrogens with one attached hydrogen (secondary N) is 1.